The third kappa shape index (κ3) is 20.0. The quantitative estimate of drug-likeness (QED) is 0.0115. The van der Waals surface area contributed by atoms with Crippen molar-refractivity contribution in [2.75, 3.05) is 25.1 Å². The van der Waals surface area contributed by atoms with Crippen LogP contribution in [0.3, 0.4) is 0 Å². The van der Waals surface area contributed by atoms with E-state index in [1.807, 2.05) is 0 Å². The molecule has 0 aliphatic heterocycles. The van der Waals surface area contributed by atoms with Gasteiger partial charge in [0.25, 0.3) is 0 Å². The van der Waals surface area contributed by atoms with Crippen molar-refractivity contribution in [3.63, 3.8) is 0 Å². The van der Waals surface area contributed by atoms with Crippen LogP contribution in [-0.4, -0.2) is 54.0 Å². The van der Waals surface area contributed by atoms with Crippen LogP contribution in [0.25, 0.3) is 26.4 Å². The average molecular weight is 1250 g/mol. The van der Waals surface area contributed by atoms with E-state index in [4.69, 9.17) is 47.5 Å². The molecular formula is C68H115BrClN6NaO6. The van der Waals surface area contributed by atoms with Crippen LogP contribution in [0.1, 0.15) is 262 Å². The summed E-state index contributed by atoms with van der Waals surface area (Å²) in [4.78, 5) is 27.9. The molecular weight excluding hydrogens is 1140 g/mol. The molecule has 83 heavy (non-hydrogen) atoms. The first-order chi connectivity index (χ1) is 39.2. The Labute approximate surface area is 540 Å². The summed E-state index contributed by atoms with van der Waals surface area (Å²) in [6.07, 6.45) is 41.0. The summed E-state index contributed by atoms with van der Waals surface area (Å²) in [6.45, 7) is 26.2. The molecule has 0 aromatic carbocycles. The van der Waals surface area contributed by atoms with Gasteiger partial charge < -0.3 is 30.4 Å². The Hall–Kier alpha value is -1.43. The first-order valence-electron chi connectivity index (χ1n) is 33.4. The molecule has 8 aliphatic rings. The van der Waals surface area contributed by atoms with Gasteiger partial charge in [-0.2, -0.15) is 0 Å². The second-order valence-electron chi connectivity index (χ2n) is 29.2. The smallest absolute Gasteiger partial charge is 0.450 e. The van der Waals surface area contributed by atoms with Crippen LogP contribution < -0.4 is 29.6 Å². The van der Waals surface area contributed by atoms with Gasteiger partial charge in [-0.25, -0.2) is 9.59 Å². The molecule has 0 radical (unpaired) electrons. The van der Waals surface area contributed by atoms with E-state index in [0.29, 0.717) is 36.0 Å². The Morgan fingerprint density at radius 1 is 0.627 bits per heavy atom. The fourth-order valence-electron chi connectivity index (χ4n) is 19.2. The zero-order chi connectivity index (χ0) is 60.1. The molecule has 8 aliphatic carbocycles. The maximum Gasteiger partial charge on any atom is 1.00 e. The maximum atomic E-state index is 12.4. The van der Waals surface area contributed by atoms with Crippen LogP contribution in [-0.2, 0) is 14.2 Å². The normalized spacial score (nSPS) is 34.2. The van der Waals surface area contributed by atoms with Gasteiger partial charge in [0.1, 0.15) is 12.2 Å². The molecule has 468 valence electrons. The van der Waals surface area contributed by atoms with Crippen molar-refractivity contribution >= 4 is 39.1 Å². The Kier molecular flexibility index (Phi) is 32.4. The van der Waals surface area contributed by atoms with Crippen LogP contribution in [0.2, 0.25) is 0 Å². The third-order valence-electron chi connectivity index (χ3n) is 23.5. The topological polar surface area (TPSA) is 190 Å². The molecule has 0 heterocycles. The van der Waals surface area contributed by atoms with Crippen LogP contribution in [0, 0.1) is 92.7 Å². The van der Waals surface area contributed by atoms with Crippen LogP contribution in [0.5, 0.6) is 0 Å². The van der Waals surface area contributed by atoms with Crippen molar-refractivity contribution < 1.29 is 58.5 Å². The number of nitrogens with zero attached hydrogens (tertiary/aromatic N) is 6. The minimum Gasteiger partial charge on any atom is -0.450 e. The van der Waals surface area contributed by atoms with Gasteiger partial charge in [-0.3, -0.25) is 4.91 Å². The predicted molar refractivity (Wildman–Crippen MR) is 340 cm³/mol. The van der Waals surface area contributed by atoms with Crippen molar-refractivity contribution in [1.82, 2.24) is 0 Å². The largest absolute Gasteiger partial charge is 1.00 e. The molecule has 6 saturated carbocycles. The predicted octanol–water partition coefficient (Wildman–Crippen LogP) is 19.0. The Morgan fingerprint density at radius 2 is 1.08 bits per heavy atom. The van der Waals surface area contributed by atoms with E-state index in [9.17, 15) is 9.59 Å². The van der Waals surface area contributed by atoms with E-state index in [2.05, 4.69) is 107 Å². The molecule has 16 atom stereocenters. The number of rotatable bonds is 24. The number of fused-ring (bicyclic) bond motifs is 10. The first kappa shape index (κ1) is 74.0. The molecule has 0 spiro atoms. The van der Waals surface area contributed by atoms with Gasteiger partial charge in [-0.1, -0.05) is 178 Å². The molecule has 6 fully saturated rings. The van der Waals surface area contributed by atoms with Crippen molar-refractivity contribution in [3.8, 4) is 0 Å². The van der Waals surface area contributed by atoms with E-state index >= 15 is 0 Å². The number of hydrogen-bond donors (Lipinski definition) is 1. The summed E-state index contributed by atoms with van der Waals surface area (Å²) in [5.74, 6) is 10.3. The summed E-state index contributed by atoms with van der Waals surface area (Å²) in [5.41, 5.74) is 25.9. The molecule has 12 nitrogen and oxygen atoms in total. The van der Waals surface area contributed by atoms with Gasteiger partial charge in [0.15, 0.2) is 0 Å². The Bertz CT molecular complexity index is 2120. The minimum absolute atomic E-state index is 0. The van der Waals surface area contributed by atoms with Crippen LogP contribution >= 0.6 is 27.5 Å². The number of unbranched alkanes of at least 4 members (excludes halogenated alkanes) is 6. The van der Waals surface area contributed by atoms with Crippen molar-refractivity contribution in [3.05, 3.63) is 49.7 Å². The molecule has 0 amide bonds. The van der Waals surface area contributed by atoms with E-state index in [1.165, 1.54) is 127 Å². The first-order valence-corrected chi connectivity index (χ1v) is 34.9. The van der Waals surface area contributed by atoms with Crippen LogP contribution in [0.4, 0.5) is 9.59 Å². The number of azide groups is 1. The van der Waals surface area contributed by atoms with Gasteiger partial charge in [0.05, 0.1) is 6.61 Å². The zero-order valence-electron chi connectivity index (χ0n) is 54.2. The third-order valence-corrected chi connectivity index (χ3v) is 24.2. The van der Waals surface area contributed by atoms with E-state index in [-0.39, 0.29) is 47.2 Å². The van der Waals surface area contributed by atoms with Gasteiger partial charge in [-0.05, 0) is 214 Å². The number of aliphatic hydroxyl groups is 1. The number of alkyl halides is 1. The Morgan fingerprint density at radius 3 is 1.53 bits per heavy atom. The average Bonchev–Trinajstić information content (AvgIpc) is 4.21. The Balaban J connectivity index is 0.000000305. The number of allylic oxidation sites excluding steroid dienone is 2. The van der Waals surface area contributed by atoms with Gasteiger partial charge in [-0.15, -0.1) is 0 Å². The maximum absolute atomic E-state index is 12.4. The van der Waals surface area contributed by atoms with Crippen molar-refractivity contribution in [2.24, 2.45) is 97.8 Å². The minimum atomic E-state index is -0.643. The molecule has 0 aromatic rings. The summed E-state index contributed by atoms with van der Waals surface area (Å²) in [6, 6.07) is 0. The number of ether oxygens (including phenoxy) is 3. The number of hydrogen-bond acceptors (Lipinski definition) is 7. The van der Waals surface area contributed by atoms with E-state index < -0.39 is 11.6 Å². The van der Waals surface area contributed by atoms with E-state index in [1.54, 1.807) is 11.1 Å². The van der Waals surface area contributed by atoms with Gasteiger partial charge in [0, 0.05) is 47.8 Å². The number of halogens is 2. The molecule has 0 aromatic heterocycles. The number of aliphatic hydroxyl groups excluding tert-OH is 1. The van der Waals surface area contributed by atoms with Crippen LogP contribution in [0.15, 0.2) is 28.4 Å². The van der Waals surface area contributed by atoms with Crippen molar-refractivity contribution in [1.29, 1.82) is 0 Å². The summed E-state index contributed by atoms with van der Waals surface area (Å²) in [5, 5.41) is 13.0. The fraction of sp³-hybridized carbons (Fsp3) is 0.912. The van der Waals surface area contributed by atoms with Gasteiger partial charge in [0.2, 0.25) is 0 Å². The second-order valence-corrected chi connectivity index (χ2v) is 30.3. The molecule has 6 unspecified atom stereocenters. The SMILES string of the molecule is CC(C)CCC[C@@H](C)[C@H]1CCC2C3CC=C4C[C@@H](OC(=O)Cl)CC[C@]4(C)C3CC[C@@]21C.CC(C)CCC[C@@H](C)[C@H]1CCC2C3CC=C4C[C@@H](OC(=O)OCCCCCCN=[N+]=[N-])CC[C@]4(C)C3CC[C@@]21C.OCCCCCCBr.[N-]=[N+]=[N-].[Na+]. The monoisotopic (exact) mass is 1250 g/mol. The van der Waals surface area contributed by atoms with Gasteiger partial charge >= 0.3 is 41.1 Å². The molecule has 0 bridgehead atoms. The standard InChI is InChI=1S/C34H57N3O3.C28H45ClO2.C6H13BrO.N3.Na/c1-24(2)11-10-12-25(3)29-15-16-30-28-14-13-26-23-27(17-19-33(26,4)31(28)18-20-34(29,30)5)40-32(38)39-22-9-7-6-8-21-36-37-35;1-18(2)7-6-8-19(3)23-11-12-24-22-10-9-20-17-21(31-26(29)30)13-15-27(20,4)25(22)14-16-28(23,24)5;7-5-3-1-2-4-6-8;1-3-2;/h13,24-25,27-31H,6-12,14-23H2,1-5H3;9,18-19,21-25H,6-8,10-17H2,1-5H3;8H,1-6H2;;/q;;;-1;+1/t25-,27+,28?,29-,30?,31?,33+,34-;19-,21+,22?,23-,24?,25?,27+,28-;;;/m11.../s1. The number of carbonyl (C=O) groups excluding carboxylic acids is 2. The molecule has 8 rings (SSSR count). The van der Waals surface area contributed by atoms with E-state index in [0.717, 1.165) is 147 Å². The summed E-state index contributed by atoms with van der Waals surface area (Å²) < 4.78 is 16.6. The van der Waals surface area contributed by atoms with Crippen molar-refractivity contribution in [2.45, 2.75) is 274 Å². The number of carbonyl (C=O) groups is 2. The summed E-state index contributed by atoms with van der Waals surface area (Å²) in [7, 11) is 0. The second kappa shape index (κ2) is 36.3. The summed E-state index contributed by atoms with van der Waals surface area (Å²) >= 11 is 8.85. The molecule has 0 saturated heterocycles. The fourth-order valence-corrected chi connectivity index (χ4v) is 19.7. The molecule has 15 heteroatoms. The molecule has 1 N–H and O–H groups in total. The zero-order valence-corrected chi connectivity index (χ0v) is 58.5.